The fraction of sp³-hybridized carbons (Fsp3) is 0.545. The van der Waals surface area contributed by atoms with Gasteiger partial charge in [0.05, 0.1) is 0 Å². The molecule has 1 amide bonds. The molecule has 0 radical (unpaired) electrons. The van der Waals surface area contributed by atoms with Crippen LogP contribution in [0.5, 0.6) is 0 Å². The Morgan fingerprint density at radius 3 is 3.00 bits per heavy atom. The van der Waals surface area contributed by atoms with Crippen molar-refractivity contribution in [2.24, 2.45) is 0 Å². The van der Waals surface area contributed by atoms with Crippen LogP contribution in [-0.4, -0.2) is 28.5 Å². The molecule has 2 N–H and O–H groups in total. The number of anilines is 1. The quantitative estimate of drug-likeness (QED) is 0.782. The molecule has 1 aromatic heterocycles. The third kappa shape index (κ3) is 2.92. The minimum atomic E-state index is -0.107. The predicted octanol–water partition coefficient (Wildman–Crippen LogP) is 1.19. The van der Waals surface area contributed by atoms with Crippen molar-refractivity contribution in [3.8, 4) is 0 Å². The molecule has 1 fully saturated rings. The Morgan fingerprint density at radius 1 is 1.50 bits per heavy atom. The van der Waals surface area contributed by atoms with Crippen LogP contribution < -0.4 is 10.6 Å². The zero-order valence-electron chi connectivity index (χ0n) is 9.36. The van der Waals surface area contributed by atoms with E-state index < -0.39 is 0 Å². The third-order valence-electron chi connectivity index (χ3n) is 2.37. The Morgan fingerprint density at radius 2 is 2.31 bits per heavy atom. The second-order valence-electron chi connectivity index (χ2n) is 3.96. The van der Waals surface area contributed by atoms with Crippen LogP contribution in [-0.2, 0) is 0 Å². The standard InChI is InChI=1S/C11H16N4O/c1-2-5-12-10-6-9(13-7-14-10)11(16)15-8-3-4-8/h6-8H,2-5H2,1H3,(H,15,16)(H,12,13,14). The third-order valence-corrected chi connectivity index (χ3v) is 2.37. The molecule has 0 aromatic carbocycles. The van der Waals surface area contributed by atoms with Gasteiger partial charge in [-0.05, 0) is 19.3 Å². The molecule has 0 aliphatic heterocycles. The maximum atomic E-state index is 11.7. The van der Waals surface area contributed by atoms with Gasteiger partial charge in [-0.3, -0.25) is 4.79 Å². The number of nitrogens with zero attached hydrogens (tertiary/aromatic N) is 2. The van der Waals surface area contributed by atoms with Gasteiger partial charge < -0.3 is 10.6 Å². The van der Waals surface area contributed by atoms with Crippen molar-refractivity contribution in [1.82, 2.24) is 15.3 Å². The lowest BCUT2D eigenvalue weighted by molar-refractivity contribution is 0.0946. The number of hydrogen-bond donors (Lipinski definition) is 2. The van der Waals surface area contributed by atoms with E-state index in [1.54, 1.807) is 6.07 Å². The van der Waals surface area contributed by atoms with E-state index in [0.29, 0.717) is 17.6 Å². The summed E-state index contributed by atoms with van der Waals surface area (Å²) in [5, 5.41) is 6.02. The first-order valence-corrected chi connectivity index (χ1v) is 5.66. The van der Waals surface area contributed by atoms with Gasteiger partial charge in [-0.25, -0.2) is 9.97 Å². The molecule has 1 aliphatic carbocycles. The van der Waals surface area contributed by atoms with Crippen molar-refractivity contribution in [3.63, 3.8) is 0 Å². The van der Waals surface area contributed by atoms with E-state index in [2.05, 4.69) is 27.5 Å². The Hall–Kier alpha value is -1.65. The minimum absolute atomic E-state index is 0.107. The lowest BCUT2D eigenvalue weighted by Gasteiger charge is -2.05. The van der Waals surface area contributed by atoms with Crippen molar-refractivity contribution in [2.75, 3.05) is 11.9 Å². The van der Waals surface area contributed by atoms with E-state index in [1.165, 1.54) is 6.33 Å². The molecule has 0 saturated heterocycles. The molecule has 1 aromatic rings. The summed E-state index contributed by atoms with van der Waals surface area (Å²) in [6.45, 7) is 2.93. The molecular formula is C11H16N4O. The first kappa shape index (κ1) is 10.9. The molecule has 1 saturated carbocycles. The molecule has 86 valence electrons. The summed E-state index contributed by atoms with van der Waals surface area (Å²) in [6, 6.07) is 2.04. The largest absolute Gasteiger partial charge is 0.370 e. The number of carbonyl (C=O) groups excluding carboxylic acids is 1. The van der Waals surface area contributed by atoms with Crippen LogP contribution in [0, 0.1) is 0 Å². The Bertz CT molecular complexity index is 376. The molecule has 5 heteroatoms. The van der Waals surface area contributed by atoms with Crippen LogP contribution in [0.4, 0.5) is 5.82 Å². The highest BCUT2D eigenvalue weighted by Crippen LogP contribution is 2.19. The summed E-state index contributed by atoms with van der Waals surface area (Å²) < 4.78 is 0. The van der Waals surface area contributed by atoms with Crippen LogP contribution in [0.1, 0.15) is 36.7 Å². The average Bonchev–Trinajstić information content (AvgIpc) is 3.10. The van der Waals surface area contributed by atoms with Crippen molar-refractivity contribution in [1.29, 1.82) is 0 Å². The lowest BCUT2D eigenvalue weighted by Crippen LogP contribution is -2.26. The predicted molar refractivity (Wildman–Crippen MR) is 61.3 cm³/mol. The zero-order chi connectivity index (χ0) is 11.4. The molecule has 1 aliphatic rings. The van der Waals surface area contributed by atoms with Gasteiger partial charge in [-0.15, -0.1) is 0 Å². The second-order valence-corrected chi connectivity index (χ2v) is 3.96. The van der Waals surface area contributed by atoms with Gasteiger partial charge >= 0.3 is 0 Å². The molecular weight excluding hydrogens is 204 g/mol. The Balaban J connectivity index is 1.99. The highest BCUT2D eigenvalue weighted by molar-refractivity contribution is 5.93. The number of nitrogens with one attached hydrogen (secondary N) is 2. The fourth-order valence-electron chi connectivity index (χ4n) is 1.32. The van der Waals surface area contributed by atoms with Crippen molar-refractivity contribution >= 4 is 11.7 Å². The first-order chi connectivity index (χ1) is 7.79. The molecule has 0 atom stereocenters. The average molecular weight is 220 g/mol. The van der Waals surface area contributed by atoms with Gasteiger partial charge in [0.2, 0.25) is 0 Å². The molecule has 0 bridgehead atoms. The lowest BCUT2D eigenvalue weighted by atomic mass is 10.3. The van der Waals surface area contributed by atoms with Gasteiger partial charge in [0, 0.05) is 18.7 Å². The maximum Gasteiger partial charge on any atom is 0.270 e. The molecule has 1 heterocycles. The summed E-state index contributed by atoms with van der Waals surface area (Å²) >= 11 is 0. The number of amides is 1. The van der Waals surface area contributed by atoms with E-state index in [-0.39, 0.29) is 5.91 Å². The van der Waals surface area contributed by atoms with Crippen LogP contribution >= 0.6 is 0 Å². The van der Waals surface area contributed by atoms with Gasteiger partial charge in [0.25, 0.3) is 5.91 Å². The van der Waals surface area contributed by atoms with Gasteiger partial charge in [-0.2, -0.15) is 0 Å². The highest BCUT2D eigenvalue weighted by Gasteiger charge is 2.24. The van der Waals surface area contributed by atoms with Crippen molar-refractivity contribution < 1.29 is 4.79 Å². The molecule has 0 spiro atoms. The summed E-state index contributed by atoms with van der Waals surface area (Å²) in [4.78, 5) is 19.7. The summed E-state index contributed by atoms with van der Waals surface area (Å²) in [5.41, 5.74) is 0.431. The van der Waals surface area contributed by atoms with Gasteiger partial charge in [0.15, 0.2) is 0 Å². The van der Waals surface area contributed by atoms with Gasteiger partial charge in [0.1, 0.15) is 17.8 Å². The second kappa shape index (κ2) is 4.92. The van der Waals surface area contributed by atoms with Crippen molar-refractivity contribution in [3.05, 3.63) is 18.1 Å². The van der Waals surface area contributed by atoms with Crippen LogP contribution in [0.25, 0.3) is 0 Å². The van der Waals surface area contributed by atoms with Crippen LogP contribution in [0.15, 0.2) is 12.4 Å². The zero-order valence-corrected chi connectivity index (χ0v) is 9.36. The highest BCUT2D eigenvalue weighted by atomic mass is 16.2. The molecule has 5 nitrogen and oxygen atoms in total. The SMILES string of the molecule is CCCNc1cc(C(=O)NC2CC2)ncn1. The normalized spacial score (nSPS) is 14.6. The van der Waals surface area contributed by atoms with Crippen LogP contribution in [0.3, 0.4) is 0 Å². The Kier molecular flexibility index (Phi) is 3.34. The molecule has 2 rings (SSSR count). The van der Waals surface area contributed by atoms with Crippen molar-refractivity contribution in [2.45, 2.75) is 32.2 Å². The molecule has 0 unspecified atom stereocenters. The number of aromatic nitrogens is 2. The topological polar surface area (TPSA) is 66.9 Å². The maximum absolute atomic E-state index is 11.7. The smallest absolute Gasteiger partial charge is 0.270 e. The van der Waals surface area contributed by atoms with E-state index in [4.69, 9.17) is 0 Å². The van der Waals surface area contributed by atoms with E-state index in [0.717, 1.165) is 25.8 Å². The number of hydrogen-bond acceptors (Lipinski definition) is 4. The fourth-order valence-corrected chi connectivity index (χ4v) is 1.32. The van der Waals surface area contributed by atoms with E-state index in [1.807, 2.05) is 0 Å². The Labute approximate surface area is 94.7 Å². The minimum Gasteiger partial charge on any atom is -0.370 e. The van der Waals surface area contributed by atoms with Crippen LogP contribution in [0.2, 0.25) is 0 Å². The van der Waals surface area contributed by atoms with E-state index >= 15 is 0 Å². The molecule has 16 heavy (non-hydrogen) atoms. The summed E-state index contributed by atoms with van der Waals surface area (Å²) in [7, 11) is 0. The van der Waals surface area contributed by atoms with Gasteiger partial charge in [-0.1, -0.05) is 6.92 Å². The monoisotopic (exact) mass is 220 g/mol. The number of carbonyl (C=O) groups is 1. The summed E-state index contributed by atoms with van der Waals surface area (Å²) in [6.07, 6.45) is 4.60. The van der Waals surface area contributed by atoms with E-state index in [9.17, 15) is 4.79 Å². The number of rotatable bonds is 5. The first-order valence-electron chi connectivity index (χ1n) is 5.66. The summed E-state index contributed by atoms with van der Waals surface area (Å²) in [5.74, 6) is 0.599.